The number of nitrogens with one attached hydrogen (secondary N) is 2. The van der Waals surface area contributed by atoms with E-state index in [4.69, 9.17) is 21.1 Å². The van der Waals surface area contributed by atoms with E-state index in [1.54, 1.807) is 36.4 Å². The Balaban J connectivity index is 1.18. The fourth-order valence-electron chi connectivity index (χ4n) is 3.97. The Hall–Kier alpha value is -3.71. The van der Waals surface area contributed by atoms with E-state index in [0.29, 0.717) is 47.5 Å². The molecule has 33 heavy (non-hydrogen) atoms. The largest absolute Gasteiger partial charge is 0.486 e. The maximum absolute atomic E-state index is 12.9. The molecular formula is C25H22ClN3O4. The molecule has 5 rings (SSSR count). The van der Waals surface area contributed by atoms with Crippen LogP contribution in [0, 0.1) is 0 Å². The molecule has 0 saturated carbocycles. The standard InChI is InChI=1S/C25H22ClN3O4/c26-19-13-22-23(33-12-11-32-22)14-20(19)28-24(30)15-27-18-7-5-17(6-8-18)25(31)29-10-9-16-3-1-2-4-21(16)29/h1-8,13-14,27H,9-12,15H2,(H,28,30). The molecule has 3 aromatic rings. The highest BCUT2D eigenvalue weighted by Crippen LogP contribution is 2.38. The van der Waals surface area contributed by atoms with Crippen molar-refractivity contribution in [1.29, 1.82) is 0 Å². The first kappa shape index (κ1) is 21.2. The summed E-state index contributed by atoms with van der Waals surface area (Å²) in [5.41, 5.74) is 3.95. The normalized spacial score (nSPS) is 13.9. The number of benzene rings is 3. The summed E-state index contributed by atoms with van der Waals surface area (Å²) in [4.78, 5) is 27.1. The van der Waals surface area contributed by atoms with Crippen LogP contribution in [-0.2, 0) is 11.2 Å². The van der Waals surface area contributed by atoms with Crippen LogP contribution in [0.2, 0.25) is 5.02 Å². The molecular weight excluding hydrogens is 442 g/mol. The topological polar surface area (TPSA) is 79.9 Å². The van der Waals surface area contributed by atoms with Gasteiger partial charge in [-0.3, -0.25) is 9.59 Å². The van der Waals surface area contributed by atoms with Crippen LogP contribution in [0.25, 0.3) is 0 Å². The van der Waals surface area contributed by atoms with Gasteiger partial charge in [0.25, 0.3) is 5.91 Å². The summed E-state index contributed by atoms with van der Waals surface area (Å²) < 4.78 is 11.0. The highest BCUT2D eigenvalue weighted by molar-refractivity contribution is 6.34. The van der Waals surface area contributed by atoms with Crippen molar-refractivity contribution in [1.82, 2.24) is 0 Å². The van der Waals surface area contributed by atoms with Crippen molar-refractivity contribution in [2.75, 3.05) is 41.8 Å². The number of halogens is 1. The SMILES string of the molecule is O=C(CNc1ccc(C(=O)N2CCc3ccccc32)cc1)Nc1cc2c(cc1Cl)OCCO2. The quantitative estimate of drug-likeness (QED) is 0.587. The minimum absolute atomic E-state index is 0.0301. The molecule has 0 aromatic heterocycles. The molecule has 7 nitrogen and oxygen atoms in total. The highest BCUT2D eigenvalue weighted by atomic mass is 35.5. The molecule has 0 aliphatic carbocycles. The van der Waals surface area contributed by atoms with E-state index in [2.05, 4.69) is 16.7 Å². The number of para-hydroxylation sites is 1. The van der Waals surface area contributed by atoms with Gasteiger partial charge in [0.2, 0.25) is 5.91 Å². The molecule has 0 atom stereocenters. The molecule has 2 amide bonds. The summed E-state index contributed by atoms with van der Waals surface area (Å²) in [5.74, 6) is 0.823. The molecule has 0 fully saturated rings. The maximum atomic E-state index is 12.9. The van der Waals surface area contributed by atoms with E-state index < -0.39 is 0 Å². The van der Waals surface area contributed by atoms with Gasteiger partial charge in [-0.2, -0.15) is 0 Å². The lowest BCUT2D eigenvalue weighted by atomic mass is 10.1. The first-order valence-electron chi connectivity index (χ1n) is 10.7. The zero-order valence-electron chi connectivity index (χ0n) is 17.8. The second-order valence-electron chi connectivity index (χ2n) is 7.79. The van der Waals surface area contributed by atoms with Gasteiger partial charge in [-0.25, -0.2) is 0 Å². The van der Waals surface area contributed by atoms with E-state index in [0.717, 1.165) is 17.8 Å². The van der Waals surface area contributed by atoms with Crippen molar-refractivity contribution in [2.45, 2.75) is 6.42 Å². The van der Waals surface area contributed by atoms with E-state index in [1.807, 2.05) is 23.1 Å². The van der Waals surface area contributed by atoms with Gasteiger partial charge < -0.3 is 25.0 Å². The first-order valence-corrected chi connectivity index (χ1v) is 11.1. The highest BCUT2D eigenvalue weighted by Gasteiger charge is 2.25. The molecule has 2 N–H and O–H groups in total. The summed E-state index contributed by atoms with van der Waals surface area (Å²) in [5, 5.41) is 6.21. The van der Waals surface area contributed by atoms with Crippen LogP contribution in [-0.4, -0.2) is 38.1 Å². The molecule has 8 heteroatoms. The second-order valence-corrected chi connectivity index (χ2v) is 8.20. The Morgan fingerprint density at radius 2 is 1.70 bits per heavy atom. The third-order valence-electron chi connectivity index (χ3n) is 5.62. The van der Waals surface area contributed by atoms with Crippen LogP contribution in [0.15, 0.2) is 60.7 Å². The van der Waals surface area contributed by atoms with Crippen LogP contribution in [0.1, 0.15) is 15.9 Å². The van der Waals surface area contributed by atoms with Crippen LogP contribution in [0.5, 0.6) is 11.5 Å². The third kappa shape index (κ3) is 4.45. The van der Waals surface area contributed by atoms with Crippen molar-refractivity contribution in [3.63, 3.8) is 0 Å². The van der Waals surface area contributed by atoms with E-state index >= 15 is 0 Å². The number of rotatable bonds is 5. The Labute approximate surface area is 196 Å². The van der Waals surface area contributed by atoms with E-state index in [-0.39, 0.29) is 18.4 Å². The molecule has 2 aliphatic rings. The Bertz CT molecular complexity index is 1210. The molecule has 0 radical (unpaired) electrons. The van der Waals surface area contributed by atoms with Gasteiger partial charge in [-0.1, -0.05) is 29.8 Å². The van der Waals surface area contributed by atoms with Crippen molar-refractivity contribution in [2.24, 2.45) is 0 Å². The van der Waals surface area contributed by atoms with Gasteiger partial charge >= 0.3 is 0 Å². The fraction of sp³-hybridized carbons (Fsp3) is 0.200. The monoisotopic (exact) mass is 463 g/mol. The van der Waals surface area contributed by atoms with Crippen LogP contribution >= 0.6 is 11.6 Å². The number of hydrogen-bond acceptors (Lipinski definition) is 5. The molecule has 0 spiro atoms. The zero-order valence-corrected chi connectivity index (χ0v) is 18.5. The van der Waals surface area contributed by atoms with Gasteiger partial charge in [0, 0.05) is 35.6 Å². The van der Waals surface area contributed by atoms with Gasteiger partial charge in [-0.15, -0.1) is 0 Å². The molecule has 168 valence electrons. The number of anilines is 3. The smallest absolute Gasteiger partial charge is 0.258 e. The lowest BCUT2D eigenvalue weighted by molar-refractivity contribution is -0.114. The van der Waals surface area contributed by atoms with Crippen LogP contribution < -0.4 is 25.0 Å². The van der Waals surface area contributed by atoms with E-state index in [9.17, 15) is 9.59 Å². The Morgan fingerprint density at radius 1 is 0.970 bits per heavy atom. The minimum Gasteiger partial charge on any atom is -0.486 e. The minimum atomic E-state index is -0.262. The molecule has 0 unspecified atom stereocenters. The van der Waals surface area contributed by atoms with Gasteiger partial charge in [0.1, 0.15) is 13.2 Å². The summed E-state index contributed by atoms with van der Waals surface area (Å²) in [6, 6.07) is 18.4. The average molecular weight is 464 g/mol. The van der Waals surface area contributed by atoms with Crippen molar-refractivity contribution in [3.8, 4) is 11.5 Å². The Morgan fingerprint density at radius 3 is 2.48 bits per heavy atom. The molecule has 3 aromatic carbocycles. The fourth-order valence-corrected chi connectivity index (χ4v) is 4.17. The third-order valence-corrected chi connectivity index (χ3v) is 5.94. The number of carbonyl (C=O) groups excluding carboxylic acids is 2. The Kier molecular flexibility index (Phi) is 5.79. The zero-order chi connectivity index (χ0) is 22.8. The molecule has 2 aliphatic heterocycles. The molecule has 0 bridgehead atoms. The number of carbonyl (C=O) groups is 2. The summed E-state index contributed by atoms with van der Waals surface area (Å²) in [6.45, 7) is 1.64. The summed E-state index contributed by atoms with van der Waals surface area (Å²) >= 11 is 6.25. The predicted molar refractivity (Wildman–Crippen MR) is 128 cm³/mol. The van der Waals surface area contributed by atoms with Crippen molar-refractivity contribution in [3.05, 3.63) is 76.8 Å². The molecule has 2 heterocycles. The maximum Gasteiger partial charge on any atom is 0.258 e. The van der Waals surface area contributed by atoms with E-state index in [1.165, 1.54) is 5.56 Å². The first-order chi connectivity index (χ1) is 16.1. The van der Waals surface area contributed by atoms with Gasteiger partial charge in [0.05, 0.1) is 17.3 Å². The molecule has 0 saturated heterocycles. The van der Waals surface area contributed by atoms with Gasteiger partial charge in [0.15, 0.2) is 11.5 Å². The van der Waals surface area contributed by atoms with Crippen LogP contribution in [0.3, 0.4) is 0 Å². The number of hydrogen-bond donors (Lipinski definition) is 2. The predicted octanol–water partition coefficient (Wildman–Crippen LogP) is 4.36. The number of fused-ring (bicyclic) bond motifs is 2. The number of nitrogens with zero attached hydrogens (tertiary/aromatic N) is 1. The lowest BCUT2D eigenvalue weighted by Crippen LogP contribution is -2.28. The number of ether oxygens (including phenoxy) is 2. The van der Waals surface area contributed by atoms with Crippen molar-refractivity contribution < 1.29 is 19.1 Å². The number of amides is 2. The average Bonchev–Trinajstić information content (AvgIpc) is 3.27. The lowest BCUT2D eigenvalue weighted by Gasteiger charge is -2.20. The van der Waals surface area contributed by atoms with Crippen molar-refractivity contribution >= 4 is 40.5 Å². The van der Waals surface area contributed by atoms with Crippen LogP contribution in [0.4, 0.5) is 17.1 Å². The second kappa shape index (κ2) is 9.03. The van der Waals surface area contributed by atoms with Gasteiger partial charge in [-0.05, 0) is 42.3 Å². The summed E-state index contributed by atoms with van der Waals surface area (Å²) in [7, 11) is 0. The summed E-state index contributed by atoms with van der Waals surface area (Å²) in [6.07, 6.45) is 0.865.